The number of carbonyl (C=O) groups is 3. The van der Waals surface area contributed by atoms with E-state index in [-0.39, 0.29) is 12.5 Å². The Hall–Kier alpha value is -2.80. The Bertz CT molecular complexity index is 1000. The Labute approximate surface area is 173 Å². The van der Waals surface area contributed by atoms with E-state index in [1.54, 1.807) is 31.2 Å². The number of rotatable bonds is 5. The molecule has 1 aromatic heterocycles. The predicted octanol–water partition coefficient (Wildman–Crippen LogP) is 3.53. The molecule has 4 rings (SSSR count). The van der Waals surface area contributed by atoms with Crippen LogP contribution < -0.4 is 4.90 Å². The molecule has 1 atom stereocenters. The number of aromatic nitrogens is 1. The van der Waals surface area contributed by atoms with Crippen LogP contribution in [0.25, 0.3) is 0 Å². The monoisotopic (exact) mass is 409 g/mol. The number of amides is 3. The molecule has 0 fully saturated rings. The molecule has 0 N–H and O–H groups in total. The first-order chi connectivity index (χ1) is 13.9. The van der Waals surface area contributed by atoms with Crippen LogP contribution in [-0.2, 0) is 17.6 Å². The van der Waals surface area contributed by atoms with Gasteiger partial charge in [0.1, 0.15) is 6.04 Å². The molecule has 2 heterocycles. The van der Waals surface area contributed by atoms with Gasteiger partial charge in [0.2, 0.25) is 0 Å². The number of carbonyl (C=O) groups excluding carboxylic acids is 3. The van der Waals surface area contributed by atoms with E-state index >= 15 is 0 Å². The van der Waals surface area contributed by atoms with Crippen LogP contribution >= 0.6 is 11.3 Å². The van der Waals surface area contributed by atoms with Crippen molar-refractivity contribution in [1.29, 1.82) is 0 Å². The standard InChI is InChI=1S/C22H23N3O3S/c1-4-11-24(22-23-17-7-5-6-8-18(17)29-22)19(26)14(3)25-20(27)15-10-9-13(2)12-16(15)21(25)28/h4,9-10,12,14H,1,5-8,11H2,2-3H3/t14-/m0/s1. The third-order valence-electron chi connectivity index (χ3n) is 5.46. The van der Waals surface area contributed by atoms with Gasteiger partial charge in [-0.2, -0.15) is 0 Å². The van der Waals surface area contributed by atoms with E-state index in [0.29, 0.717) is 16.3 Å². The number of nitrogens with zero attached hydrogens (tertiary/aromatic N) is 3. The lowest BCUT2D eigenvalue weighted by Crippen LogP contribution is -2.49. The maximum Gasteiger partial charge on any atom is 0.262 e. The third-order valence-corrected chi connectivity index (χ3v) is 6.64. The van der Waals surface area contributed by atoms with Crippen molar-refractivity contribution in [3.8, 4) is 0 Å². The first kappa shape index (κ1) is 19.5. The molecule has 2 aliphatic rings. The highest BCUT2D eigenvalue weighted by molar-refractivity contribution is 7.16. The second-order valence-electron chi connectivity index (χ2n) is 7.52. The van der Waals surface area contributed by atoms with E-state index in [9.17, 15) is 14.4 Å². The number of hydrogen-bond donors (Lipinski definition) is 0. The largest absolute Gasteiger partial charge is 0.282 e. The highest BCUT2D eigenvalue weighted by atomic mass is 32.1. The lowest BCUT2D eigenvalue weighted by molar-refractivity contribution is -0.121. The van der Waals surface area contributed by atoms with Crippen LogP contribution in [0, 0.1) is 6.92 Å². The lowest BCUT2D eigenvalue weighted by Gasteiger charge is -2.27. The van der Waals surface area contributed by atoms with Crippen molar-refractivity contribution >= 4 is 34.2 Å². The lowest BCUT2D eigenvalue weighted by atomic mass is 10.0. The van der Waals surface area contributed by atoms with Gasteiger partial charge in [-0.15, -0.1) is 17.9 Å². The molecule has 150 valence electrons. The van der Waals surface area contributed by atoms with Crippen LogP contribution in [-0.4, -0.2) is 40.2 Å². The quantitative estimate of drug-likeness (QED) is 0.559. The molecule has 6 nitrogen and oxygen atoms in total. The van der Waals surface area contributed by atoms with Crippen LogP contribution in [0.5, 0.6) is 0 Å². The number of fused-ring (bicyclic) bond motifs is 2. The zero-order chi connectivity index (χ0) is 20.7. The Morgan fingerprint density at radius 1 is 1.28 bits per heavy atom. The van der Waals surface area contributed by atoms with E-state index < -0.39 is 17.9 Å². The minimum atomic E-state index is -0.927. The number of imide groups is 1. The van der Waals surface area contributed by atoms with Gasteiger partial charge in [-0.1, -0.05) is 17.7 Å². The summed E-state index contributed by atoms with van der Waals surface area (Å²) in [6.07, 6.45) is 5.79. The molecule has 7 heteroatoms. The topological polar surface area (TPSA) is 70.6 Å². The number of aryl methyl sites for hydroxylation is 3. The SMILES string of the molecule is C=CCN(C(=O)[C@H](C)N1C(=O)c2ccc(C)cc2C1=O)c1nc2c(s1)CCCC2. The Kier molecular flexibility index (Phi) is 5.08. The molecule has 1 aliphatic carbocycles. The molecule has 0 spiro atoms. The molecule has 0 saturated heterocycles. The van der Waals surface area contributed by atoms with Crippen molar-refractivity contribution in [3.63, 3.8) is 0 Å². The zero-order valence-electron chi connectivity index (χ0n) is 16.6. The smallest absolute Gasteiger partial charge is 0.262 e. The molecule has 2 aromatic rings. The number of thiazole rings is 1. The normalized spacial score (nSPS) is 16.4. The van der Waals surface area contributed by atoms with Gasteiger partial charge >= 0.3 is 0 Å². The number of hydrogen-bond acceptors (Lipinski definition) is 5. The van der Waals surface area contributed by atoms with E-state index in [0.717, 1.165) is 41.8 Å². The van der Waals surface area contributed by atoms with Crippen molar-refractivity contribution in [3.05, 3.63) is 58.1 Å². The van der Waals surface area contributed by atoms with Crippen molar-refractivity contribution < 1.29 is 14.4 Å². The van der Waals surface area contributed by atoms with Gasteiger partial charge in [0.05, 0.1) is 16.8 Å². The highest BCUT2D eigenvalue weighted by Crippen LogP contribution is 2.33. The summed E-state index contributed by atoms with van der Waals surface area (Å²) in [7, 11) is 0. The molecule has 29 heavy (non-hydrogen) atoms. The molecule has 1 aliphatic heterocycles. The van der Waals surface area contributed by atoms with E-state index in [1.807, 2.05) is 6.92 Å². The Balaban J connectivity index is 1.63. The van der Waals surface area contributed by atoms with Gasteiger partial charge in [0, 0.05) is 11.4 Å². The summed E-state index contributed by atoms with van der Waals surface area (Å²) in [4.78, 5) is 47.6. The van der Waals surface area contributed by atoms with Gasteiger partial charge in [-0.05, 0) is 51.7 Å². The van der Waals surface area contributed by atoms with Crippen molar-refractivity contribution in [2.24, 2.45) is 0 Å². The predicted molar refractivity (Wildman–Crippen MR) is 112 cm³/mol. The van der Waals surface area contributed by atoms with Gasteiger partial charge in [-0.3, -0.25) is 24.2 Å². The second kappa shape index (κ2) is 7.55. The summed E-state index contributed by atoms with van der Waals surface area (Å²) in [6.45, 7) is 7.49. The zero-order valence-corrected chi connectivity index (χ0v) is 17.4. The molecule has 0 saturated carbocycles. The summed E-state index contributed by atoms with van der Waals surface area (Å²) in [5, 5.41) is 0.612. The second-order valence-corrected chi connectivity index (χ2v) is 8.58. The minimum absolute atomic E-state index is 0.276. The number of benzene rings is 1. The molecule has 3 amide bonds. The van der Waals surface area contributed by atoms with Gasteiger partial charge in [0.25, 0.3) is 17.7 Å². The summed E-state index contributed by atoms with van der Waals surface area (Å²) >= 11 is 1.52. The number of anilines is 1. The Morgan fingerprint density at radius 3 is 2.72 bits per heavy atom. The summed E-state index contributed by atoms with van der Waals surface area (Å²) < 4.78 is 0. The van der Waals surface area contributed by atoms with Crippen molar-refractivity contribution in [2.45, 2.75) is 45.6 Å². The molecule has 0 radical (unpaired) electrons. The van der Waals surface area contributed by atoms with Crippen LogP contribution in [0.2, 0.25) is 0 Å². The molecule has 1 aromatic carbocycles. The van der Waals surface area contributed by atoms with E-state index in [2.05, 4.69) is 11.6 Å². The maximum absolute atomic E-state index is 13.3. The van der Waals surface area contributed by atoms with Crippen molar-refractivity contribution in [1.82, 2.24) is 9.88 Å². The van der Waals surface area contributed by atoms with Gasteiger partial charge < -0.3 is 0 Å². The molecule has 0 bridgehead atoms. The summed E-state index contributed by atoms with van der Waals surface area (Å²) in [6, 6.07) is 4.22. The van der Waals surface area contributed by atoms with E-state index in [1.165, 1.54) is 21.1 Å². The fraction of sp³-hybridized carbons (Fsp3) is 0.364. The summed E-state index contributed by atoms with van der Waals surface area (Å²) in [5.74, 6) is -1.18. The average Bonchev–Trinajstić information content (AvgIpc) is 3.24. The van der Waals surface area contributed by atoms with Crippen LogP contribution in [0.1, 0.15) is 56.6 Å². The first-order valence-electron chi connectivity index (χ1n) is 9.81. The fourth-order valence-corrected chi connectivity index (χ4v) is 5.07. The minimum Gasteiger partial charge on any atom is -0.282 e. The molecule has 0 unspecified atom stereocenters. The fourth-order valence-electron chi connectivity index (χ4n) is 3.91. The molecular formula is C22H23N3O3S. The van der Waals surface area contributed by atoms with Crippen LogP contribution in [0.3, 0.4) is 0 Å². The highest BCUT2D eigenvalue weighted by Gasteiger charge is 2.42. The average molecular weight is 410 g/mol. The summed E-state index contributed by atoms with van der Waals surface area (Å²) in [5.41, 5.74) is 2.66. The van der Waals surface area contributed by atoms with Gasteiger partial charge in [-0.25, -0.2) is 4.98 Å². The van der Waals surface area contributed by atoms with E-state index in [4.69, 9.17) is 0 Å². The van der Waals surface area contributed by atoms with Crippen LogP contribution in [0.4, 0.5) is 5.13 Å². The van der Waals surface area contributed by atoms with Crippen molar-refractivity contribution in [2.75, 3.05) is 11.4 Å². The molecular weight excluding hydrogens is 386 g/mol. The van der Waals surface area contributed by atoms with Gasteiger partial charge in [0.15, 0.2) is 5.13 Å². The first-order valence-corrected chi connectivity index (χ1v) is 10.6. The third kappa shape index (κ3) is 3.29. The Morgan fingerprint density at radius 2 is 2.00 bits per heavy atom. The maximum atomic E-state index is 13.3. The van der Waals surface area contributed by atoms with Crippen LogP contribution in [0.15, 0.2) is 30.9 Å².